The van der Waals surface area contributed by atoms with Crippen molar-refractivity contribution in [2.24, 2.45) is 5.84 Å². The third kappa shape index (κ3) is 2.46. The van der Waals surface area contributed by atoms with E-state index in [0.717, 1.165) is 15.9 Å². The standard InChI is InChI=1S/C12H10ClN5S/c13-7-1-3-8(4-2-7)15-10-9-5-6-19-11(9)17-12(16-10)18-14/h1-6H,14H2,(H2,15,16,17,18). The number of hydrogen-bond acceptors (Lipinski definition) is 6. The van der Waals surface area contributed by atoms with E-state index in [4.69, 9.17) is 17.4 Å². The summed E-state index contributed by atoms with van der Waals surface area (Å²) in [5, 5.41) is 6.85. The van der Waals surface area contributed by atoms with Crippen molar-refractivity contribution in [3.63, 3.8) is 0 Å². The average molecular weight is 292 g/mol. The van der Waals surface area contributed by atoms with Crippen molar-refractivity contribution < 1.29 is 0 Å². The van der Waals surface area contributed by atoms with Crippen LogP contribution < -0.4 is 16.6 Å². The molecule has 0 unspecified atom stereocenters. The van der Waals surface area contributed by atoms with Crippen LogP contribution in [-0.2, 0) is 0 Å². The van der Waals surface area contributed by atoms with Crippen LogP contribution >= 0.6 is 22.9 Å². The first kappa shape index (κ1) is 12.2. The first-order chi connectivity index (χ1) is 9.26. The summed E-state index contributed by atoms with van der Waals surface area (Å²) in [6.07, 6.45) is 0. The van der Waals surface area contributed by atoms with Gasteiger partial charge in [-0.25, -0.2) is 10.8 Å². The molecule has 0 saturated heterocycles. The molecule has 96 valence electrons. The van der Waals surface area contributed by atoms with E-state index in [1.165, 1.54) is 11.3 Å². The number of anilines is 3. The number of fused-ring (bicyclic) bond motifs is 1. The summed E-state index contributed by atoms with van der Waals surface area (Å²) in [5.74, 6) is 6.47. The van der Waals surface area contributed by atoms with Gasteiger partial charge < -0.3 is 5.32 Å². The third-order valence-electron chi connectivity index (χ3n) is 2.56. The average Bonchev–Trinajstić information content (AvgIpc) is 2.89. The number of nitrogens with one attached hydrogen (secondary N) is 2. The highest BCUT2D eigenvalue weighted by Crippen LogP contribution is 2.28. The topological polar surface area (TPSA) is 75.9 Å². The molecule has 2 heterocycles. The number of benzene rings is 1. The fourth-order valence-corrected chi connectivity index (χ4v) is 2.58. The second kappa shape index (κ2) is 5.00. The van der Waals surface area contributed by atoms with Gasteiger partial charge in [-0.05, 0) is 35.7 Å². The van der Waals surface area contributed by atoms with Gasteiger partial charge in [0.2, 0.25) is 5.95 Å². The van der Waals surface area contributed by atoms with Crippen molar-refractivity contribution in [1.29, 1.82) is 0 Å². The summed E-state index contributed by atoms with van der Waals surface area (Å²) in [7, 11) is 0. The van der Waals surface area contributed by atoms with Gasteiger partial charge in [0.15, 0.2) is 0 Å². The number of halogens is 1. The molecular formula is C12H10ClN5S. The maximum absolute atomic E-state index is 5.86. The number of hydrazine groups is 1. The molecular weight excluding hydrogens is 282 g/mol. The van der Waals surface area contributed by atoms with Crippen molar-refractivity contribution in [3.8, 4) is 0 Å². The lowest BCUT2D eigenvalue weighted by Gasteiger charge is -2.08. The Morgan fingerprint density at radius 2 is 1.89 bits per heavy atom. The summed E-state index contributed by atoms with van der Waals surface area (Å²) in [4.78, 5) is 9.48. The summed E-state index contributed by atoms with van der Waals surface area (Å²) in [6, 6.07) is 9.38. The molecule has 0 radical (unpaired) electrons. The van der Waals surface area contributed by atoms with Crippen LogP contribution in [-0.4, -0.2) is 9.97 Å². The maximum atomic E-state index is 5.86. The Morgan fingerprint density at radius 1 is 1.11 bits per heavy atom. The number of nitrogens with zero attached hydrogens (tertiary/aromatic N) is 2. The molecule has 1 aromatic carbocycles. The molecule has 0 fully saturated rings. The second-order valence-electron chi connectivity index (χ2n) is 3.81. The van der Waals surface area contributed by atoms with Gasteiger partial charge in [0.1, 0.15) is 10.6 Å². The fourth-order valence-electron chi connectivity index (χ4n) is 1.69. The molecule has 3 rings (SSSR count). The van der Waals surface area contributed by atoms with Gasteiger partial charge in [-0.3, -0.25) is 5.43 Å². The quantitative estimate of drug-likeness (QED) is 0.509. The van der Waals surface area contributed by atoms with Crippen LogP contribution in [0.4, 0.5) is 17.5 Å². The predicted octanol–water partition coefficient (Wildman–Crippen LogP) is 3.37. The summed E-state index contributed by atoms with van der Waals surface area (Å²) in [5.41, 5.74) is 3.37. The maximum Gasteiger partial charge on any atom is 0.240 e. The number of aromatic nitrogens is 2. The minimum absolute atomic E-state index is 0.381. The van der Waals surface area contributed by atoms with Gasteiger partial charge in [0.25, 0.3) is 0 Å². The van der Waals surface area contributed by atoms with Crippen molar-refractivity contribution >= 4 is 50.6 Å². The molecule has 0 aliphatic heterocycles. The highest BCUT2D eigenvalue weighted by molar-refractivity contribution is 7.16. The molecule has 0 atom stereocenters. The molecule has 0 aliphatic rings. The molecule has 19 heavy (non-hydrogen) atoms. The van der Waals surface area contributed by atoms with E-state index < -0.39 is 0 Å². The van der Waals surface area contributed by atoms with Crippen LogP contribution in [0.3, 0.4) is 0 Å². The summed E-state index contributed by atoms with van der Waals surface area (Å²) in [6.45, 7) is 0. The third-order valence-corrected chi connectivity index (χ3v) is 3.62. The lowest BCUT2D eigenvalue weighted by Crippen LogP contribution is -2.11. The van der Waals surface area contributed by atoms with Gasteiger partial charge in [-0.2, -0.15) is 4.98 Å². The SMILES string of the molecule is NNc1nc(Nc2ccc(Cl)cc2)c2ccsc2n1. The monoisotopic (exact) mass is 291 g/mol. The van der Waals surface area contributed by atoms with Crippen LogP contribution in [0.1, 0.15) is 0 Å². The van der Waals surface area contributed by atoms with E-state index >= 15 is 0 Å². The Labute approximate surface area is 118 Å². The fraction of sp³-hybridized carbons (Fsp3) is 0. The molecule has 2 aromatic heterocycles. The molecule has 0 spiro atoms. The first-order valence-electron chi connectivity index (χ1n) is 5.51. The van der Waals surface area contributed by atoms with Crippen molar-refractivity contribution in [2.75, 3.05) is 10.7 Å². The zero-order valence-electron chi connectivity index (χ0n) is 9.72. The van der Waals surface area contributed by atoms with Crippen LogP contribution in [0, 0.1) is 0 Å². The van der Waals surface area contributed by atoms with Crippen LogP contribution in [0.5, 0.6) is 0 Å². The molecule has 0 amide bonds. The minimum atomic E-state index is 0.381. The zero-order valence-corrected chi connectivity index (χ0v) is 11.3. The van der Waals surface area contributed by atoms with E-state index in [2.05, 4.69) is 20.7 Å². The van der Waals surface area contributed by atoms with Crippen LogP contribution in [0.25, 0.3) is 10.2 Å². The summed E-state index contributed by atoms with van der Waals surface area (Å²) < 4.78 is 0. The van der Waals surface area contributed by atoms with E-state index in [9.17, 15) is 0 Å². The Kier molecular flexibility index (Phi) is 3.20. The Morgan fingerprint density at radius 3 is 2.63 bits per heavy atom. The largest absolute Gasteiger partial charge is 0.340 e. The lowest BCUT2D eigenvalue weighted by molar-refractivity contribution is 1.16. The van der Waals surface area contributed by atoms with Gasteiger partial charge >= 0.3 is 0 Å². The molecule has 7 heteroatoms. The molecule has 0 saturated carbocycles. The van der Waals surface area contributed by atoms with E-state index in [-0.39, 0.29) is 0 Å². The number of nitrogens with two attached hydrogens (primary N) is 1. The molecule has 0 bridgehead atoms. The first-order valence-corrected chi connectivity index (χ1v) is 6.76. The Bertz CT molecular complexity index is 710. The van der Waals surface area contributed by atoms with E-state index in [1.54, 1.807) is 0 Å². The van der Waals surface area contributed by atoms with Crippen molar-refractivity contribution in [1.82, 2.24) is 9.97 Å². The lowest BCUT2D eigenvalue weighted by atomic mass is 10.3. The van der Waals surface area contributed by atoms with E-state index in [0.29, 0.717) is 16.8 Å². The molecule has 5 nitrogen and oxygen atoms in total. The Balaban J connectivity index is 2.03. The normalized spacial score (nSPS) is 10.6. The molecule has 3 aromatic rings. The van der Waals surface area contributed by atoms with Crippen LogP contribution in [0.15, 0.2) is 35.7 Å². The number of rotatable bonds is 3. The predicted molar refractivity (Wildman–Crippen MR) is 80.0 cm³/mol. The number of nitrogen functional groups attached to an aromatic ring is 1. The van der Waals surface area contributed by atoms with Gasteiger partial charge in [-0.15, -0.1) is 11.3 Å². The van der Waals surface area contributed by atoms with Crippen molar-refractivity contribution in [3.05, 3.63) is 40.7 Å². The minimum Gasteiger partial charge on any atom is -0.340 e. The smallest absolute Gasteiger partial charge is 0.240 e. The van der Waals surface area contributed by atoms with Crippen LogP contribution in [0.2, 0.25) is 5.02 Å². The van der Waals surface area contributed by atoms with Gasteiger partial charge in [-0.1, -0.05) is 11.6 Å². The van der Waals surface area contributed by atoms with Gasteiger partial charge in [0, 0.05) is 10.7 Å². The summed E-state index contributed by atoms with van der Waals surface area (Å²) >= 11 is 7.40. The van der Waals surface area contributed by atoms with Gasteiger partial charge in [0.05, 0.1) is 5.39 Å². The van der Waals surface area contributed by atoms with Crippen molar-refractivity contribution in [2.45, 2.75) is 0 Å². The molecule has 4 N–H and O–H groups in total. The van der Waals surface area contributed by atoms with E-state index in [1.807, 2.05) is 35.7 Å². The number of hydrogen-bond donors (Lipinski definition) is 3. The zero-order chi connectivity index (χ0) is 13.2. The molecule has 0 aliphatic carbocycles. The highest BCUT2D eigenvalue weighted by Gasteiger charge is 2.08. The second-order valence-corrected chi connectivity index (χ2v) is 5.14. The Hall–Kier alpha value is -1.89. The number of thiophene rings is 1. The highest BCUT2D eigenvalue weighted by atomic mass is 35.5.